The van der Waals surface area contributed by atoms with Crippen LogP contribution in [0.5, 0.6) is 0 Å². The maximum Gasteiger partial charge on any atom is 0.314 e. The van der Waals surface area contributed by atoms with Crippen LogP contribution in [-0.4, -0.2) is 24.1 Å². The summed E-state index contributed by atoms with van der Waals surface area (Å²) < 4.78 is 0. The molecular formula is C11H19N3OS. The summed E-state index contributed by atoms with van der Waals surface area (Å²) in [6, 6.07) is -0.0909. The summed E-state index contributed by atoms with van der Waals surface area (Å²) in [5.74, 6) is 0. The van der Waals surface area contributed by atoms with Crippen molar-refractivity contribution in [2.45, 2.75) is 33.6 Å². The van der Waals surface area contributed by atoms with Crippen molar-refractivity contribution in [1.82, 2.24) is 15.6 Å². The van der Waals surface area contributed by atoms with Gasteiger partial charge >= 0.3 is 6.03 Å². The third-order valence-electron chi connectivity index (χ3n) is 2.23. The maximum absolute atomic E-state index is 11.2. The summed E-state index contributed by atoms with van der Waals surface area (Å²) in [6.45, 7) is 7.47. The highest BCUT2D eigenvalue weighted by Gasteiger charge is 2.04. The zero-order chi connectivity index (χ0) is 12.0. The van der Waals surface area contributed by atoms with Gasteiger partial charge < -0.3 is 10.6 Å². The molecule has 0 spiro atoms. The Morgan fingerprint density at radius 2 is 2.00 bits per heavy atom. The quantitative estimate of drug-likeness (QED) is 0.828. The Kier molecular flexibility index (Phi) is 5.25. The Balaban J connectivity index is 2.22. The predicted molar refractivity (Wildman–Crippen MR) is 67.0 cm³/mol. The highest BCUT2D eigenvalue weighted by atomic mass is 32.1. The van der Waals surface area contributed by atoms with Gasteiger partial charge in [-0.2, -0.15) is 0 Å². The molecule has 0 fully saturated rings. The normalized spacial score (nSPS) is 10.2. The standard InChI is InChI=1S/C11H19N3OS/c1-4-6-12-11(15)13-7-5-10-14-8(2)9(3)16-10/h4-7H2,1-3H3,(H2,12,13,15). The van der Waals surface area contributed by atoms with Gasteiger partial charge in [-0.25, -0.2) is 9.78 Å². The molecule has 0 aliphatic rings. The molecule has 90 valence electrons. The third-order valence-corrected chi connectivity index (χ3v) is 3.37. The third kappa shape index (κ3) is 4.18. The number of carbonyl (C=O) groups is 1. The van der Waals surface area contributed by atoms with Gasteiger partial charge in [0.15, 0.2) is 0 Å². The molecule has 16 heavy (non-hydrogen) atoms. The molecule has 0 aliphatic heterocycles. The van der Waals surface area contributed by atoms with E-state index in [9.17, 15) is 4.79 Å². The number of carbonyl (C=O) groups excluding carboxylic acids is 1. The van der Waals surface area contributed by atoms with Crippen LogP contribution in [0.1, 0.15) is 28.9 Å². The molecule has 4 nitrogen and oxygen atoms in total. The summed E-state index contributed by atoms with van der Waals surface area (Å²) in [6.07, 6.45) is 1.76. The van der Waals surface area contributed by atoms with Crippen molar-refractivity contribution in [2.24, 2.45) is 0 Å². The van der Waals surface area contributed by atoms with Crippen LogP contribution in [0.4, 0.5) is 4.79 Å². The van der Waals surface area contributed by atoms with Gasteiger partial charge in [-0.05, 0) is 20.3 Å². The smallest absolute Gasteiger partial charge is 0.314 e. The largest absolute Gasteiger partial charge is 0.338 e. The van der Waals surface area contributed by atoms with Crippen molar-refractivity contribution in [1.29, 1.82) is 0 Å². The minimum atomic E-state index is -0.0909. The Hall–Kier alpha value is -1.10. The number of nitrogens with zero attached hydrogens (tertiary/aromatic N) is 1. The van der Waals surface area contributed by atoms with Crippen molar-refractivity contribution in [3.8, 4) is 0 Å². The van der Waals surface area contributed by atoms with Gasteiger partial charge in [-0.1, -0.05) is 6.92 Å². The van der Waals surface area contributed by atoms with E-state index in [2.05, 4.69) is 22.5 Å². The second-order valence-corrected chi connectivity index (χ2v) is 4.97. The van der Waals surface area contributed by atoms with E-state index in [1.165, 1.54) is 4.88 Å². The van der Waals surface area contributed by atoms with Gasteiger partial charge in [-0.3, -0.25) is 0 Å². The van der Waals surface area contributed by atoms with Gasteiger partial charge in [0.2, 0.25) is 0 Å². The van der Waals surface area contributed by atoms with Crippen molar-refractivity contribution in [2.75, 3.05) is 13.1 Å². The zero-order valence-corrected chi connectivity index (χ0v) is 10.9. The van der Waals surface area contributed by atoms with Crippen LogP contribution in [0.2, 0.25) is 0 Å². The molecule has 5 heteroatoms. The Morgan fingerprint density at radius 1 is 1.31 bits per heavy atom. The molecule has 1 aromatic heterocycles. The lowest BCUT2D eigenvalue weighted by Gasteiger charge is -2.04. The van der Waals surface area contributed by atoms with E-state index in [0.29, 0.717) is 6.54 Å². The predicted octanol–water partition coefficient (Wildman–Crippen LogP) is 2.01. The average molecular weight is 241 g/mol. The number of urea groups is 1. The molecule has 2 N–H and O–H groups in total. The minimum Gasteiger partial charge on any atom is -0.338 e. The molecule has 0 saturated heterocycles. The Bertz CT molecular complexity index is 329. The highest BCUT2D eigenvalue weighted by molar-refractivity contribution is 7.11. The van der Waals surface area contributed by atoms with Crippen LogP contribution in [-0.2, 0) is 6.42 Å². The second-order valence-electron chi connectivity index (χ2n) is 3.68. The van der Waals surface area contributed by atoms with Crippen LogP contribution < -0.4 is 10.6 Å². The van der Waals surface area contributed by atoms with Crippen LogP contribution in [0.25, 0.3) is 0 Å². The number of amides is 2. The van der Waals surface area contributed by atoms with E-state index in [1.807, 2.05) is 13.8 Å². The number of hydrogen-bond acceptors (Lipinski definition) is 3. The van der Waals surface area contributed by atoms with E-state index < -0.39 is 0 Å². The number of hydrogen-bond donors (Lipinski definition) is 2. The lowest BCUT2D eigenvalue weighted by atomic mass is 10.4. The summed E-state index contributed by atoms with van der Waals surface area (Å²) >= 11 is 1.70. The second kappa shape index (κ2) is 6.48. The van der Waals surface area contributed by atoms with Gasteiger partial charge in [0, 0.05) is 24.4 Å². The lowest BCUT2D eigenvalue weighted by Crippen LogP contribution is -2.36. The van der Waals surface area contributed by atoms with E-state index in [0.717, 1.165) is 30.1 Å². The first-order valence-corrected chi connectivity index (χ1v) is 6.39. The van der Waals surface area contributed by atoms with Gasteiger partial charge in [0.05, 0.1) is 10.7 Å². The molecule has 1 rings (SSSR count). The SMILES string of the molecule is CCCNC(=O)NCCc1nc(C)c(C)s1. The van der Waals surface area contributed by atoms with Gasteiger partial charge in [0.1, 0.15) is 0 Å². The van der Waals surface area contributed by atoms with Crippen LogP contribution in [0.15, 0.2) is 0 Å². The summed E-state index contributed by atoms with van der Waals surface area (Å²) in [5.41, 5.74) is 1.09. The zero-order valence-electron chi connectivity index (χ0n) is 10.1. The first-order valence-electron chi connectivity index (χ1n) is 5.58. The summed E-state index contributed by atoms with van der Waals surface area (Å²) in [4.78, 5) is 16.9. The molecule has 0 aromatic carbocycles. The Labute approximate surface area is 100 Å². The molecule has 0 atom stereocenters. The molecule has 1 heterocycles. The number of nitrogens with one attached hydrogen (secondary N) is 2. The van der Waals surface area contributed by atoms with Crippen molar-refractivity contribution < 1.29 is 4.79 Å². The van der Waals surface area contributed by atoms with E-state index >= 15 is 0 Å². The molecular weight excluding hydrogens is 222 g/mol. The fraction of sp³-hybridized carbons (Fsp3) is 0.636. The highest BCUT2D eigenvalue weighted by Crippen LogP contribution is 2.16. The molecule has 1 aromatic rings. The molecule has 0 bridgehead atoms. The van der Waals surface area contributed by atoms with E-state index in [-0.39, 0.29) is 6.03 Å². The van der Waals surface area contributed by atoms with Crippen LogP contribution in [0.3, 0.4) is 0 Å². The monoisotopic (exact) mass is 241 g/mol. The average Bonchev–Trinajstić information content (AvgIpc) is 2.55. The Morgan fingerprint density at radius 3 is 2.56 bits per heavy atom. The lowest BCUT2D eigenvalue weighted by molar-refractivity contribution is 0.241. The molecule has 0 aliphatic carbocycles. The van der Waals surface area contributed by atoms with Crippen molar-refractivity contribution in [3.63, 3.8) is 0 Å². The molecule has 0 unspecified atom stereocenters. The van der Waals surface area contributed by atoms with Crippen molar-refractivity contribution in [3.05, 3.63) is 15.6 Å². The molecule has 0 radical (unpaired) electrons. The van der Waals surface area contributed by atoms with E-state index in [1.54, 1.807) is 11.3 Å². The summed E-state index contributed by atoms with van der Waals surface area (Å²) in [7, 11) is 0. The van der Waals surface area contributed by atoms with E-state index in [4.69, 9.17) is 0 Å². The molecule has 2 amide bonds. The fourth-order valence-electron chi connectivity index (χ4n) is 1.23. The van der Waals surface area contributed by atoms with Crippen LogP contribution >= 0.6 is 11.3 Å². The number of aryl methyl sites for hydroxylation is 2. The molecule has 0 saturated carbocycles. The minimum absolute atomic E-state index is 0.0909. The van der Waals surface area contributed by atoms with Crippen molar-refractivity contribution >= 4 is 17.4 Å². The van der Waals surface area contributed by atoms with Gasteiger partial charge in [-0.15, -0.1) is 11.3 Å². The topological polar surface area (TPSA) is 54.0 Å². The number of aromatic nitrogens is 1. The van der Waals surface area contributed by atoms with Crippen LogP contribution in [0, 0.1) is 13.8 Å². The first-order chi connectivity index (χ1) is 7.63. The first kappa shape index (κ1) is 13.0. The van der Waals surface area contributed by atoms with Gasteiger partial charge in [0.25, 0.3) is 0 Å². The maximum atomic E-state index is 11.2. The number of thiazole rings is 1. The fourth-order valence-corrected chi connectivity index (χ4v) is 2.16. The number of rotatable bonds is 5. The summed E-state index contributed by atoms with van der Waals surface area (Å²) in [5, 5.41) is 6.67.